The van der Waals surface area contributed by atoms with Crippen molar-refractivity contribution in [2.45, 2.75) is 57.3 Å². The lowest BCUT2D eigenvalue weighted by molar-refractivity contribution is -0.143. The molecule has 12 nitrogen and oxygen atoms in total. The van der Waals surface area contributed by atoms with Crippen LogP contribution in [0.5, 0.6) is 0 Å². The van der Waals surface area contributed by atoms with Gasteiger partial charge in [-0.15, -0.1) is 0 Å². The maximum absolute atomic E-state index is 13.0. The van der Waals surface area contributed by atoms with Crippen molar-refractivity contribution < 1.29 is 34.2 Å². The molecule has 0 radical (unpaired) electrons. The third kappa shape index (κ3) is 9.96. The number of nitrogens with two attached hydrogens (primary N) is 2. The molecule has 0 bridgehead atoms. The normalized spacial score (nSPS) is 14.4. The van der Waals surface area contributed by atoms with E-state index in [0.29, 0.717) is 5.56 Å². The molecule has 12 heteroatoms. The van der Waals surface area contributed by atoms with Gasteiger partial charge in [0, 0.05) is 6.42 Å². The number of nitrogens with one attached hydrogen (secondary N) is 3. The fourth-order valence-corrected chi connectivity index (χ4v) is 3.07. The molecule has 0 saturated heterocycles. The number of hydrogen-bond acceptors (Lipinski definition) is 7. The smallest absolute Gasteiger partial charge is 0.326 e. The number of carbonyl (C=O) groups excluding carboxylic acids is 4. The summed E-state index contributed by atoms with van der Waals surface area (Å²) in [6.07, 6.45) is -0.396. The average molecular weight is 480 g/mol. The van der Waals surface area contributed by atoms with Gasteiger partial charge < -0.3 is 37.6 Å². The average Bonchev–Trinajstić information content (AvgIpc) is 2.76. The Labute approximate surface area is 197 Å². The minimum atomic E-state index is -1.58. The topological polar surface area (TPSA) is 214 Å². The molecule has 0 aliphatic rings. The third-order valence-corrected chi connectivity index (χ3v) is 4.81. The van der Waals surface area contributed by atoms with E-state index in [2.05, 4.69) is 16.0 Å². The standard InChI is InChI=1S/C22H33N5O7/c1-12(2)8-15(25-19(30)14(23)11-28)20(31)26-16(9-13-6-4-3-5-7-13)21(32)27-17(22(33)34)10-18(24)29/h3-7,12,14-17,28H,8-11,23H2,1-2H3,(H2,24,29)(H,25,30)(H,26,31)(H,27,32)(H,33,34). The first-order valence-electron chi connectivity index (χ1n) is 10.8. The van der Waals surface area contributed by atoms with Gasteiger partial charge in [0.25, 0.3) is 0 Å². The zero-order valence-corrected chi connectivity index (χ0v) is 19.2. The van der Waals surface area contributed by atoms with Crippen molar-refractivity contribution in [3.8, 4) is 0 Å². The van der Waals surface area contributed by atoms with Gasteiger partial charge in [-0.1, -0.05) is 44.2 Å². The predicted octanol–water partition coefficient (Wildman–Crippen LogP) is -1.99. The number of aliphatic carboxylic acids is 1. The second kappa shape index (κ2) is 13.9. The zero-order chi connectivity index (χ0) is 25.8. The number of rotatable bonds is 14. The minimum absolute atomic E-state index is 0.0137. The van der Waals surface area contributed by atoms with Crippen molar-refractivity contribution >= 4 is 29.6 Å². The lowest BCUT2D eigenvalue weighted by Gasteiger charge is -2.26. The van der Waals surface area contributed by atoms with E-state index in [1.807, 2.05) is 13.8 Å². The first kappa shape index (κ1) is 28.5. The Balaban J connectivity index is 3.12. The third-order valence-electron chi connectivity index (χ3n) is 4.81. The highest BCUT2D eigenvalue weighted by atomic mass is 16.4. The SMILES string of the molecule is CC(C)CC(NC(=O)C(N)CO)C(=O)NC(Cc1ccccc1)C(=O)NC(CC(N)=O)C(=O)O. The van der Waals surface area contributed by atoms with Gasteiger partial charge in [0.2, 0.25) is 23.6 Å². The zero-order valence-electron chi connectivity index (χ0n) is 19.2. The Bertz CT molecular complexity index is 862. The lowest BCUT2D eigenvalue weighted by Crippen LogP contribution is -2.58. The van der Waals surface area contributed by atoms with Gasteiger partial charge >= 0.3 is 5.97 Å². The minimum Gasteiger partial charge on any atom is -0.480 e. The fourth-order valence-electron chi connectivity index (χ4n) is 3.07. The maximum Gasteiger partial charge on any atom is 0.326 e. The van der Waals surface area contributed by atoms with Crippen LogP contribution in [-0.2, 0) is 30.4 Å². The molecule has 1 aromatic rings. The molecule has 9 N–H and O–H groups in total. The summed E-state index contributed by atoms with van der Waals surface area (Å²) in [6, 6.07) is 3.60. The van der Waals surface area contributed by atoms with Crippen LogP contribution in [0.4, 0.5) is 0 Å². The van der Waals surface area contributed by atoms with Crippen LogP contribution in [0.1, 0.15) is 32.3 Å². The van der Waals surface area contributed by atoms with Crippen molar-refractivity contribution in [1.29, 1.82) is 0 Å². The Kier molecular flexibility index (Phi) is 11.7. The molecule has 34 heavy (non-hydrogen) atoms. The number of aliphatic hydroxyl groups is 1. The summed E-state index contributed by atoms with van der Waals surface area (Å²) in [5, 5.41) is 25.6. The molecule has 0 spiro atoms. The van der Waals surface area contributed by atoms with Crippen LogP contribution >= 0.6 is 0 Å². The number of carboxylic acids is 1. The highest BCUT2D eigenvalue weighted by Crippen LogP contribution is 2.09. The molecular weight excluding hydrogens is 446 g/mol. The quantitative estimate of drug-likeness (QED) is 0.158. The molecule has 0 aromatic heterocycles. The molecule has 0 fully saturated rings. The second-order valence-electron chi connectivity index (χ2n) is 8.30. The van der Waals surface area contributed by atoms with Crippen LogP contribution in [0.3, 0.4) is 0 Å². The molecule has 0 heterocycles. The number of carboxylic acid groups (broad SMARTS) is 1. The molecule has 4 unspecified atom stereocenters. The molecule has 188 valence electrons. The van der Waals surface area contributed by atoms with Crippen molar-refractivity contribution in [2.24, 2.45) is 17.4 Å². The summed E-state index contributed by atoms with van der Waals surface area (Å²) in [5.74, 6) is -4.66. The first-order valence-corrected chi connectivity index (χ1v) is 10.8. The number of hydrogen-bond donors (Lipinski definition) is 7. The summed E-state index contributed by atoms with van der Waals surface area (Å²) < 4.78 is 0. The van der Waals surface area contributed by atoms with E-state index in [4.69, 9.17) is 16.6 Å². The number of benzene rings is 1. The molecular formula is C22H33N5O7. The van der Waals surface area contributed by atoms with E-state index in [0.717, 1.165) is 0 Å². The van der Waals surface area contributed by atoms with Gasteiger partial charge in [0.05, 0.1) is 13.0 Å². The Morgan fingerprint density at radius 2 is 1.41 bits per heavy atom. The molecule has 1 aromatic carbocycles. The first-order chi connectivity index (χ1) is 15.9. The fraction of sp³-hybridized carbons (Fsp3) is 0.500. The Hall–Kier alpha value is -3.51. The van der Waals surface area contributed by atoms with Gasteiger partial charge in [-0.3, -0.25) is 19.2 Å². The van der Waals surface area contributed by atoms with E-state index < -0.39 is 66.8 Å². The molecule has 4 atom stereocenters. The Morgan fingerprint density at radius 3 is 1.91 bits per heavy atom. The van der Waals surface area contributed by atoms with E-state index in [-0.39, 0.29) is 18.8 Å². The van der Waals surface area contributed by atoms with Gasteiger partial charge in [-0.25, -0.2) is 4.79 Å². The predicted molar refractivity (Wildman–Crippen MR) is 122 cm³/mol. The van der Waals surface area contributed by atoms with Crippen LogP contribution in [0, 0.1) is 5.92 Å². The summed E-state index contributed by atoms with van der Waals surface area (Å²) in [7, 11) is 0. The lowest BCUT2D eigenvalue weighted by atomic mass is 10.0. The van der Waals surface area contributed by atoms with Gasteiger partial charge in [0.15, 0.2) is 0 Å². The monoisotopic (exact) mass is 479 g/mol. The van der Waals surface area contributed by atoms with Gasteiger partial charge in [0.1, 0.15) is 24.2 Å². The van der Waals surface area contributed by atoms with Crippen molar-refractivity contribution in [3.05, 3.63) is 35.9 Å². The van der Waals surface area contributed by atoms with E-state index in [1.54, 1.807) is 30.3 Å². The summed E-state index contributed by atoms with van der Waals surface area (Å²) in [5.41, 5.74) is 11.3. The molecule has 1 rings (SSSR count). The highest BCUT2D eigenvalue weighted by Gasteiger charge is 2.31. The van der Waals surface area contributed by atoms with Crippen LogP contribution in [0.25, 0.3) is 0 Å². The van der Waals surface area contributed by atoms with Crippen LogP contribution < -0.4 is 27.4 Å². The molecule has 4 amide bonds. The van der Waals surface area contributed by atoms with Crippen LogP contribution in [0.15, 0.2) is 30.3 Å². The number of carbonyl (C=O) groups is 5. The molecule has 0 aliphatic carbocycles. The summed E-state index contributed by atoms with van der Waals surface area (Å²) >= 11 is 0. The van der Waals surface area contributed by atoms with Gasteiger partial charge in [-0.05, 0) is 17.9 Å². The summed E-state index contributed by atoms with van der Waals surface area (Å²) in [4.78, 5) is 60.7. The van der Waals surface area contributed by atoms with E-state index in [9.17, 15) is 29.1 Å². The highest BCUT2D eigenvalue weighted by molar-refractivity contribution is 5.95. The number of aliphatic hydroxyl groups excluding tert-OH is 1. The van der Waals surface area contributed by atoms with E-state index >= 15 is 0 Å². The van der Waals surface area contributed by atoms with Crippen LogP contribution in [-0.4, -0.2) is 70.6 Å². The van der Waals surface area contributed by atoms with Crippen molar-refractivity contribution in [3.63, 3.8) is 0 Å². The van der Waals surface area contributed by atoms with Crippen molar-refractivity contribution in [2.75, 3.05) is 6.61 Å². The van der Waals surface area contributed by atoms with Crippen LogP contribution in [0.2, 0.25) is 0 Å². The number of primary amides is 1. The Morgan fingerprint density at radius 1 is 0.882 bits per heavy atom. The maximum atomic E-state index is 13.0. The van der Waals surface area contributed by atoms with Gasteiger partial charge in [-0.2, -0.15) is 0 Å². The molecule has 0 saturated carbocycles. The summed E-state index contributed by atoms with van der Waals surface area (Å²) in [6.45, 7) is 3.04. The number of amides is 4. The van der Waals surface area contributed by atoms with Crippen molar-refractivity contribution in [1.82, 2.24) is 16.0 Å². The largest absolute Gasteiger partial charge is 0.480 e. The second-order valence-corrected chi connectivity index (χ2v) is 8.30. The van der Waals surface area contributed by atoms with E-state index in [1.165, 1.54) is 0 Å². The molecule has 0 aliphatic heterocycles.